The van der Waals surface area contributed by atoms with Crippen LogP contribution in [0.3, 0.4) is 0 Å². The van der Waals surface area contributed by atoms with Gasteiger partial charge in [0, 0.05) is 12.2 Å². The normalized spacial score (nSPS) is 19.0. The van der Waals surface area contributed by atoms with Crippen molar-refractivity contribution in [3.63, 3.8) is 0 Å². The zero-order chi connectivity index (χ0) is 25.9. The van der Waals surface area contributed by atoms with Crippen molar-refractivity contribution >= 4 is 19.8 Å². The lowest BCUT2D eigenvalue weighted by Gasteiger charge is -2.28. The van der Waals surface area contributed by atoms with Crippen LogP contribution >= 0.6 is 8.45 Å². The highest BCUT2D eigenvalue weighted by Crippen LogP contribution is 2.49. The minimum absolute atomic E-state index is 0.105. The number of hydrogen-bond donors (Lipinski definition) is 1. The standard InChI is InChI=1S/C31H42N3OP/c1-30(2,3)25-12-16-27(17-13-25)32-21-20-29-23-34(28-18-14-26(15-19-28)31(4,5)6)36(35)33(29)22-24-10-8-7-9-11-24/h7-19,29,32,36H,20-23H2,1-6H3/t29-/m0/s1. The van der Waals surface area contributed by atoms with E-state index >= 15 is 0 Å². The minimum atomic E-state index is -2.11. The van der Waals surface area contributed by atoms with Crippen molar-refractivity contribution in [3.8, 4) is 0 Å². The van der Waals surface area contributed by atoms with Crippen LogP contribution in [-0.4, -0.2) is 23.8 Å². The Balaban J connectivity index is 1.46. The highest BCUT2D eigenvalue weighted by Gasteiger charge is 2.40. The van der Waals surface area contributed by atoms with Gasteiger partial charge in [0.05, 0.1) is 24.8 Å². The van der Waals surface area contributed by atoms with E-state index in [-0.39, 0.29) is 16.9 Å². The van der Waals surface area contributed by atoms with Crippen LogP contribution in [0, 0.1) is 0 Å². The Labute approximate surface area is 219 Å². The molecule has 1 aliphatic heterocycles. The summed E-state index contributed by atoms with van der Waals surface area (Å²) in [6.07, 6.45) is 0.931. The monoisotopic (exact) mass is 503 g/mol. The fourth-order valence-electron chi connectivity index (χ4n) is 4.75. The van der Waals surface area contributed by atoms with Crippen LogP contribution in [0.2, 0.25) is 0 Å². The molecule has 1 unspecified atom stereocenters. The SMILES string of the molecule is CC(C)(C)c1ccc(NCC[C@H]2CN(c3ccc(C(C)(C)C)cc3)[PH+]([O-])N2Cc2ccccc2)cc1. The van der Waals surface area contributed by atoms with Gasteiger partial charge < -0.3 is 10.2 Å². The molecule has 0 saturated carbocycles. The van der Waals surface area contributed by atoms with Crippen molar-refractivity contribution in [1.29, 1.82) is 0 Å². The summed E-state index contributed by atoms with van der Waals surface area (Å²) in [4.78, 5) is 13.8. The van der Waals surface area contributed by atoms with Gasteiger partial charge in [0.2, 0.25) is 0 Å². The molecule has 1 heterocycles. The van der Waals surface area contributed by atoms with Gasteiger partial charge in [0.15, 0.2) is 0 Å². The van der Waals surface area contributed by atoms with Gasteiger partial charge in [-0.2, -0.15) is 4.67 Å². The molecule has 4 rings (SSSR count). The lowest BCUT2D eigenvalue weighted by molar-refractivity contribution is -0.170. The zero-order valence-corrected chi connectivity index (χ0v) is 23.7. The van der Waals surface area contributed by atoms with Crippen LogP contribution in [0.15, 0.2) is 78.9 Å². The van der Waals surface area contributed by atoms with Crippen LogP contribution < -0.4 is 14.9 Å². The minimum Gasteiger partial charge on any atom is -0.648 e. The van der Waals surface area contributed by atoms with Gasteiger partial charge in [0.1, 0.15) is 8.45 Å². The molecule has 0 spiro atoms. The van der Waals surface area contributed by atoms with Gasteiger partial charge in [-0.15, -0.1) is 0 Å². The van der Waals surface area contributed by atoms with Crippen molar-refractivity contribution < 1.29 is 4.89 Å². The maximum absolute atomic E-state index is 13.8. The van der Waals surface area contributed by atoms with Crippen LogP contribution in [0.1, 0.15) is 64.7 Å². The second-order valence-electron chi connectivity index (χ2n) is 12.0. The predicted octanol–water partition coefficient (Wildman–Crippen LogP) is 6.79. The fourth-order valence-corrected chi connectivity index (χ4v) is 6.64. The molecule has 0 aliphatic carbocycles. The van der Waals surface area contributed by atoms with Crippen molar-refractivity contribution in [2.75, 3.05) is 23.1 Å². The molecule has 1 N–H and O–H groups in total. The third-order valence-corrected chi connectivity index (χ3v) is 9.03. The van der Waals surface area contributed by atoms with Crippen molar-refractivity contribution in [2.24, 2.45) is 0 Å². The van der Waals surface area contributed by atoms with Crippen molar-refractivity contribution in [3.05, 3.63) is 95.6 Å². The molecule has 4 nitrogen and oxygen atoms in total. The van der Waals surface area contributed by atoms with Gasteiger partial charge in [0.25, 0.3) is 0 Å². The lowest BCUT2D eigenvalue weighted by atomic mass is 9.87. The first-order chi connectivity index (χ1) is 17.0. The molecule has 192 valence electrons. The summed E-state index contributed by atoms with van der Waals surface area (Å²) < 4.78 is 4.35. The van der Waals surface area contributed by atoms with E-state index in [1.54, 1.807) is 0 Å². The Morgan fingerprint density at radius 1 is 0.806 bits per heavy atom. The molecule has 1 fully saturated rings. The zero-order valence-electron chi connectivity index (χ0n) is 22.7. The number of benzene rings is 3. The lowest BCUT2D eigenvalue weighted by Crippen LogP contribution is -2.31. The van der Waals surface area contributed by atoms with Gasteiger partial charge in [-0.1, -0.05) is 96.1 Å². The number of nitrogens with zero attached hydrogens (tertiary/aromatic N) is 2. The molecule has 36 heavy (non-hydrogen) atoms. The summed E-state index contributed by atoms with van der Waals surface area (Å²) in [7, 11) is -2.11. The summed E-state index contributed by atoms with van der Waals surface area (Å²) in [6, 6.07) is 28.0. The van der Waals surface area contributed by atoms with E-state index < -0.39 is 8.45 Å². The Morgan fingerprint density at radius 3 is 1.92 bits per heavy atom. The third kappa shape index (κ3) is 6.48. The molecule has 0 aromatic heterocycles. The Kier molecular flexibility index (Phi) is 8.09. The second kappa shape index (κ2) is 10.9. The van der Waals surface area contributed by atoms with Gasteiger partial charge in [-0.25, -0.2) is 4.67 Å². The summed E-state index contributed by atoms with van der Waals surface area (Å²) >= 11 is 0. The maximum Gasteiger partial charge on any atom is 0.117 e. The van der Waals surface area contributed by atoms with Crippen LogP contribution in [0.4, 0.5) is 11.4 Å². The first-order valence-electron chi connectivity index (χ1n) is 13.1. The molecule has 0 radical (unpaired) electrons. The number of nitrogens with one attached hydrogen (secondary N) is 1. The van der Waals surface area contributed by atoms with E-state index in [0.717, 1.165) is 30.9 Å². The largest absolute Gasteiger partial charge is 0.648 e. The highest BCUT2D eigenvalue weighted by atomic mass is 31.2. The van der Waals surface area contributed by atoms with Crippen molar-refractivity contribution in [2.45, 2.75) is 71.4 Å². The first-order valence-corrected chi connectivity index (χ1v) is 14.4. The fraction of sp³-hybridized carbons (Fsp3) is 0.419. The molecular formula is C31H42N3OP. The first kappa shape index (κ1) is 26.7. The Morgan fingerprint density at radius 2 is 1.36 bits per heavy atom. The third-order valence-electron chi connectivity index (χ3n) is 7.11. The average Bonchev–Trinajstić information content (AvgIpc) is 3.14. The molecule has 0 bridgehead atoms. The average molecular weight is 504 g/mol. The Bertz CT molecular complexity index is 1100. The molecule has 2 atom stereocenters. The van der Waals surface area contributed by atoms with E-state index in [0.29, 0.717) is 6.54 Å². The predicted molar refractivity (Wildman–Crippen MR) is 155 cm³/mol. The molecule has 0 amide bonds. The van der Waals surface area contributed by atoms with Gasteiger partial charge in [-0.3, -0.25) is 0 Å². The molecular weight excluding hydrogens is 461 g/mol. The van der Waals surface area contributed by atoms with Gasteiger partial charge in [-0.05, 0) is 58.2 Å². The van der Waals surface area contributed by atoms with Crippen LogP contribution in [-0.2, 0) is 17.4 Å². The number of hydrogen-bond acceptors (Lipinski definition) is 4. The molecule has 5 heteroatoms. The molecule has 3 aromatic rings. The van der Waals surface area contributed by atoms with E-state index in [9.17, 15) is 4.89 Å². The van der Waals surface area contributed by atoms with Crippen molar-refractivity contribution in [1.82, 2.24) is 4.67 Å². The maximum atomic E-state index is 13.8. The second-order valence-corrected chi connectivity index (χ2v) is 13.7. The highest BCUT2D eigenvalue weighted by molar-refractivity contribution is 7.49. The molecule has 1 saturated heterocycles. The number of rotatable bonds is 7. The Hall–Kier alpha value is -2.39. The van der Waals surface area contributed by atoms with Crippen LogP contribution in [0.5, 0.6) is 0 Å². The summed E-state index contributed by atoms with van der Waals surface area (Å²) in [5, 5.41) is 3.59. The molecule has 1 aliphatic rings. The van der Waals surface area contributed by atoms with Gasteiger partial charge >= 0.3 is 0 Å². The smallest absolute Gasteiger partial charge is 0.117 e. The number of anilines is 2. The van der Waals surface area contributed by atoms with E-state index in [4.69, 9.17) is 0 Å². The summed E-state index contributed by atoms with van der Waals surface area (Å²) in [6.45, 7) is 15.7. The van der Waals surface area contributed by atoms with E-state index in [1.165, 1.54) is 16.7 Å². The van der Waals surface area contributed by atoms with E-state index in [1.807, 2.05) is 6.07 Å². The van der Waals surface area contributed by atoms with E-state index in [2.05, 4.69) is 129 Å². The summed E-state index contributed by atoms with van der Waals surface area (Å²) in [5.74, 6) is 0. The molecule has 3 aromatic carbocycles. The topological polar surface area (TPSA) is 41.6 Å². The summed E-state index contributed by atoms with van der Waals surface area (Å²) in [5.41, 5.74) is 6.29. The quantitative estimate of drug-likeness (QED) is 0.360. The van der Waals surface area contributed by atoms with Crippen LogP contribution in [0.25, 0.3) is 0 Å².